The van der Waals surface area contributed by atoms with Crippen LogP contribution in [0.15, 0.2) is 35.3 Å². The molecule has 0 N–H and O–H groups in total. The van der Waals surface area contributed by atoms with Crippen LogP contribution < -0.4 is 5.56 Å². The zero-order valence-electron chi connectivity index (χ0n) is 13.0. The van der Waals surface area contributed by atoms with Crippen LogP contribution in [-0.4, -0.2) is 27.8 Å². The van der Waals surface area contributed by atoms with Crippen LogP contribution in [0.25, 0.3) is 10.2 Å². The summed E-state index contributed by atoms with van der Waals surface area (Å²) in [5, 5.41) is 13.9. The van der Waals surface area contributed by atoms with E-state index in [9.17, 15) is 14.9 Å². The summed E-state index contributed by atoms with van der Waals surface area (Å²) in [6, 6.07) is 9.61. The van der Waals surface area contributed by atoms with Crippen molar-refractivity contribution < 1.29 is 9.53 Å². The number of methoxy groups -OCH3 is 1. The Bertz CT molecular complexity index is 1020. The molecule has 3 aromatic rings. The summed E-state index contributed by atoms with van der Waals surface area (Å²) in [7, 11) is 1.21. The van der Waals surface area contributed by atoms with Crippen LogP contribution >= 0.6 is 22.9 Å². The third-order valence-electron chi connectivity index (χ3n) is 3.52. The molecule has 3 rings (SSSR count). The number of fused-ring (bicyclic) bond motifs is 1. The Morgan fingerprint density at radius 2 is 2.24 bits per heavy atom. The number of aromatic nitrogens is 3. The molecule has 2 aromatic heterocycles. The van der Waals surface area contributed by atoms with Gasteiger partial charge in [0.05, 0.1) is 29.6 Å². The van der Waals surface area contributed by atoms with Crippen molar-refractivity contribution in [2.45, 2.75) is 12.5 Å². The summed E-state index contributed by atoms with van der Waals surface area (Å²) >= 11 is 7.50. The van der Waals surface area contributed by atoms with Gasteiger partial charge in [0.15, 0.2) is 0 Å². The minimum Gasteiger partial charge on any atom is -0.468 e. The molecular formula is C16H11ClN4O3S. The van der Waals surface area contributed by atoms with E-state index in [2.05, 4.69) is 20.9 Å². The van der Waals surface area contributed by atoms with Crippen molar-refractivity contribution in [1.29, 1.82) is 5.26 Å². The molecule has 25 heavy (non-hydrogen) atoms. The highest BCUT2D eigenvalue weighted by molar-refractivity contribution is 7.18. The first-order valence-corrected chi connectivity index (χ1v) is 8.32. The van der Waals surface area contributed by atoms with Crippen LogP contribution in [0.2, 0.25) is 5.02 Å². The summed E-state index contributed by atoms with van der Waals surface area (Å²) in [6.07, 6.45) is 1.31. The van der Waals surface area contributed by atoms with Gasteiger partial charge in [0.1, 0.15) is 22.5 Å². The quantitative estimate of drug-likeness (QED) is 0.650. The Balaban J connectivity index is 2.04. The number of benzene rings is 1. The van der Waals surface area contributed by atoms with Gasteiger partial charge in [-0.2, -0.15) is 10.4 Å². The molecule has 0 aliphatic rings. The van der Waals surface area contributed by atoms with Crippen molar-refractivity contribution in [1.82, 2.24) is 14.8 Å². The number of thiazole rings is 1. The van der Waals surface area contributed by atoms with Gasteiger partial charge in [0.25, 0.3) is 5.56 Å². The first-order valence-electron chi connectivity index (χ1n) is 7.12. The first kappa shape index (κ1) is 17.1. The monoisotopic (exact) mass is 374 g/mol. The first-order chi connectivity index (χ1) is 12.0. The fourth-order valence-electron chi connectivity index (χ4n) is 2.25. The summed E-state index contributed by atoms with van der Waals surface area (Å²) in [4.78, 5) is 28.1. The van der Waals surface area contributed by atoms with Gasteiger partial charge in [-0.25, -0.2) is 9.67 Å². The molecule has 0 aliphatic heterocycles. The Morgan fingerprint density at radius 1 is 1.48 bits per heavy atom. The number of nitrogens with zero attached hydrogens (tertiary/aromatic N) is 4. The lowest BCUT2D eigenvalue weighted by atomic mass is 10.0. The fraction of sp³-hybridized carbons (Fsp3) is 0.188. The molecule has 0 saturated carbocycles. The van der Waals surface area contributed by atoms with Crippen molar-refractivity contribution >= 4 is 39.1 Å². The molecule has 0 radical (unpaired) electrons. The number of esters is 1. The number of carbonyl (C=O) groups is 1. The summed E-state index contributed by atoms with van der Waals surface area (Å²) < 4.78 is 6.33. The molecule has 0 fully saturated rings. The average Bonchev–Trinajstić information content (AvgIpc) is 3.05. The van der Waals surface area contributed by atoms with Gasteiger partial charge in [-0.3, -0.25) is 9.59 Å². The molecule has 0 bridgehead atoms. The molecule has 9 heteroatoms. The predicted molar refractivity (Wildman–Crippen MR) is 92.6 cm³/mol. The number of nitriles is 1. The molecule has 1 atom stereocenters. The average molecular weight is 375 g/mol. The Hall–Kier alpha value is -2.76. The molecule has 1 aromatic carbocycles. The highest BCUT2D eigenvalue weighted by Gasteiger charge is 2.24. The van der Waals surface area contributed by atoms with E-state index in [1.807, 2.05) is 24.3 Å². The van der Waals surface area contributed by atoms with Gasteiger partial charge in [0, 0.05) is 5.56 Å². The maximum atomic E-state index is 12.3. The molecule has 0 amide bonds. The number of para-hydroxylation sites is 1. The molecule has 126 valence electrons. The second-order valence-corrected chi connectivity index (χ2v) is 6.47. The molecule has 0 saturated heterocycles. The second-order valence-electron chi connectivity index (χ2n) is 5.03. The van der Waals surface area contributed by atoms with Crippen molar-refractivity contribution in [2.75, 3.05) is 7.11 Å². The van der Waals surface area contributed by atoms with Crippen LogP contribution in [0.1, 0.15) is 16.5 Å². The molecule has 2 heterocycles. The smallest absolute Gasteiger partial charge is 0.327 e. The highest BCUT2D eigenvalue weighted by Crippen LogP contribution is 2.33. The fourth-order valence-corrected chi connectivity index (χ4v) is 3.54. The van der Waals surface area contributed by atoms with E-state index < -0.39 is 17.4 Å². The van der Waals surface area contributed by atoms with Crippen LogP contribution in [0.3, 0.4) is 0 Å². The van der Waals surface area contributed by atoms with Crippen molar-refractivity contribution in [3.63, 3.8) is 0 Å². The standard InChI is InChI=1S/C16H11ClN4O3S/c1-24-13(22)8-21-16(23)14(17)10(7-19-21)9(6-18)15-20-11-4-2-3-5-12(11)25-15/h2-5,7,9H,8H2,1H3. The van der Waals surface area contributed by atoms with Crippen LogP contribution in [0.4, 0.5) is 0 Å². The number of rotatable bonds is 4. The van der Waals surface area contributed by atoms with Crippen molar-refractivity contribution in [2.24, 2.45) is 0 Å². The van der Waals surface area contributed by atoms with E-state index in [1.54, 1.807) is 0 Å². The second kappa shape index (κ2) is 7.01. The van der Waals surface area contributed by atoms with Gasteiger partial charge in [0.2, 0.25) is 0 Å². The van der Waals surface area contributed by atoms with E-state index in [-0.39, 0.29) is 17.1 Å². The van der Waals surface area contributed by atoms with Gasteiger partial charge in [-0.1, -0.05) is 23.7 Å². The van der Waals surface area contributed by atoms with Crippen LogP contribution in [0.5, 0.6) is 0 Å². The zero-order chi connectivity index (χ0) is 18.0. The molecule has 7 nitrogen and oxygen atoms in total. The number of hydrogen-bond donors (Lipinski definition) is 0. The molecule has 1 unspecified atom stereocenters. The van der Waals surface area contributed by atoms with Crippen LogP contribution in [0, 0.1) is 11.3 Å². The van der Waals surface area contributed by atoms with E-state index in [0.29, 0.717) is 5.01 Å². The maximum Gasteiger partial charge on any atom is 0.327 e. The third-order valence-corrected chi connectivity index (χ3v) is 5.00. The summed E-state index contributed by atoms with van der Waals surface area (Å²) in [6.45, 7) is -0.353. The van der Waals surface area contributed by atoms with E-state index >= 15 is 0 Å². The minimum absolute atomic E-state index is 0.162. The van der Waals surface area contributed by atoms with Crippen LogP contribution in [-0.2, 0) is 16.1 Å². The Morgan fingerprint density at radius 3 is 2.92 bits per heavy atom. The molecule has 0 aliphatic carbocycles. The van der Waals surface area contributed by atoms with Gasteiger partial charge in [-0.05, 0) is 12.1 Å². The van der Waals surface area contributed by atoms with Gasteiger partial charge < -0.3 is 4.74 Å². The van der Waals surface area contributed by atoms with Crippen molar-refractivity contribution in [3.05, 3.63) is 56.4 Å². The maximum absolute atomic E-state index is 12.3. The SMILES string of the molecule is COC(=O)Cn1ncc(C(C#N)c2nc3ccccc3s2)c(Cl)c1=O. The molecule has 0 spiro atoms. The lowest BCUT2D eigenvalue weighted by Crippen LogP contribution is -2.28. The number of halogens is 1. The lowest BCUT2D eigenvalue weighted by Gasteiger charge is -2.10. The lowest BCUT2D eigenvalue weighted by molar-refractivity contribution is -0.141. The largest absolute Gasteiger partial charge is 0.468 e. The minimum atomic E-state index is -0.821. The Kier molecular flexibility index (Phi) is 4.79. The number of ether oxygens (including phenoxy) is 1. The summed E-state index contributed by atoms with van der Waals surface area (Å²) in [5.74, 6) is -1.45. The van der Waals surface area contributed by atoms with E-state index in [4.69, 9.17) is 11.6 Å². The number of hydrogen-bond acceptors (Lipinski definition) is 7. The third kappa shape index (κ3) is 3.24. The van der Waals surface area contributed by atoms with E-state index in [1.165, 1.54) is 24.6 Å². The zero-order valence-corrected chi connectivity index (χ0v) is 14.5. The topological polar surface area (TPSA) is 97.9 Å². The molecular weight excluding hydrogens is 364 g/mol. The summed E-state index contributed by atoms with van der Waals surface area (Å²) in [5.41, 5.74) is 0.367. The normalized spacial score (nSPS) is 11.9. The Labute approximate surface area is 151 Å². The highest BCUT2D eigenvalue weighted by atomic mass is 35.5. The number of carbonyl (C=O) groups excluding carboxylic acids is 1. The van der Waals surface area contributed by atoms with Gasteiger partial charge >= 0.3 is 5.97 Å². The van der Waals surface area contributed by atoms with Gasteiger partial charge in [-0.15, -0.1) is 11.3 Å². The predicted octanol–water partition coefficient (Wildman–Crippen LogP) is 2.33. The van der Waals surface area contributed by atoms with Crippen molar-refractivity contribution in [3.8, 4) is 6.07 Å². The van der Waals surface area contributed by atoms with E-state index in [0.717, 1.165) is 14.9 Å².